The van der Waals surface area contributed by atoms with E-state index in [0.29, 0.717) is 30.1 Å². The first-order valence-corrected chi connectivity index (χ1v) is 8.10. The Hall–Kier alpha value is -1.11. The predicted octanol–water partition coefficient (Wildman–Crippen LogP) is 1.10. The Morgan fingerprint density at radius 1 is 1.47 bits per heavy atom. The van der Waals surface area contributed by atoms with Gasteiger partial charge in [0.15, 0.2) is 0 Å². The number of benzene rings is 1. The summed E-state index contributed by atoms with van der Waals surface area (Å²) >= 11 is 5.82. The number of rotatable bonds is 3. The maximum atomic E-state index is 12.0. The van der Waals surface area contributed by atoms with E-state index < -0.39 is 10.0 Å². The Kier molecular flexibility index (Phi) is 4.13. The number of amides is 1. The van der Waals surface area contributed by atoms with Crippen LogP contribution in [0.2, 0.25) is 5.02 Å². The molecule has 1 heterocycles. The minimum absolute atomic E-state index is 0.152. The summed E-state index contributed by atoms with van der Waals surface area (Å²) in [6.07, 6.45) is 1.80. The van der Waals surface area contributed by atoms with Gasteiger partial charge >= 0.3 is 0 Å². The van der Waals surface area contributed by atoms with Crippen molar-refractivity contribution in [2.24, 2.45) is 0 Å². The summed E-state index contributed by atoms with van der Waals surface area (Å²) < 4.78 is 24.1. The lowest BCUT2D eigenvalue weighted by Crippen LogP contribution is -2.38. The van der Waals surface area contributed by atoms with Gasteiger partial charge in [0.25, 0.3) is 5.91 Å². The summed E-state index contributed by atoms with van der Waals surface area (Å²) in [6.45, 7) is 0.768. The molecule has 1 aromatic rings. The minimum atomic E-state index is -3.18. The normalized spacial score (nSPS) is 20.4. The Bertz CT molecular complexity index is 588. The second-order valence-electron chi connectivity index (χ2n) is 4.59. The molecule has 0 aromatic heterocycles. The molecule has 5 nitrogen and oxygen atoms in total. The van der Waals surface area contributed by atoms with E-state index >= 15 is 0 Å². The molecule has 0 saturated carbocycles. The zero-order valence-electron chi connectivity index (χ0n) is 10.5. The van der Waals surface area contributed by atoms with Crippen molar-refractivity contribution in [2.75, 3.05) is 19.3 Å². The van der Waals surface area contributed by atoms with Gasteiger partial charge < -0.3 is 5.32 Å². The molecule has 104 valence electrons. The van der Waals surface area contributed by atoms with E-state index in [1.165, 1.54) is 10.6 Å². The number of sulfonamides is 1. The van der Waals surface area contributed by atoms with Gasteiger partial charge in [0.2, 0.25) is 10.0 Å². The maximum absolute atomic E-state index is 12.0. The Labute approximate surface area is 117 Å². The molecular formula is C12H15ClN2O3S. The highest BCUT2D eigenvalue weighted by molar-refractivity contribution is 7.88. The third kappa shape index (κ3) is 3.68. The average Bonchev–Trinajstić information content (AvgIpc) is 2.77. The Morgan fingerprint density at radius 2 is 2.21 bits per heavy atom. The van der Waals surface area contributed by atoms with Gasteiger partial charge in [-0.15, -0.1) is 0 Å². The van der Waals surface area contributed by atoms with Gasteiger partial charge in [0, 0.05) is 29.7 Å². The fourth-order valence-corrected chi connectivity index (χ4v) is 3.12. The first-order chi connectivity index (χ1) is 8.86. The van der Waals surface area contributed by atoms with Crippen molar-refractivity contribution in [2.45, 2.75) is 12.5 Å². The molecule has 1 aliphatic rings. The van der Waals surface area contributed by atoms with Gasteiger partial charge in [-0.2, -0.15) is 0 Å². The molecule has 0 radical (unpaired) electrons. The maximum Gasteiger partial charge on any atom is 0.251 e. The van der Waals surface area contributed by atoms with Crippen molar-refractivity contribution in [3.63, 3.8) is 0 Å². The molecule has 19 heavy (non-hydrogen) atoms. The smallest absolute Gasteiger partial charge is 0.251 e. The highest BCUT2D eigenvalue weighted by Gasteiger charge is 2.29. The van der Waals surface area contributed by atoms with Crippen LogP contribution < -0.4 is 5.32 Å². The highest BCUT2D eigenvalue weighted by atomic mass is 35.5. The molecule has 1 atom stereocenters. The van der Waals surface area contributed by atoms with E-state index in [2.05, 4.69) is 5.32 Å². The highest BCUT2D eigenvalue weighted by Crippen LogP contribution is 2.14. The first kappa shape index (κ1) is 14.3. The quantitative estimate of drug-likeness (QED) is 0.909. The van der Waals surface area contributed by atoms with Gasteiger partial charge in [-0.1, -0.05) is 17.7 Å². The summed E-state index contributed by atoms with van der Waals surface area (Å²) in [5.41, 5.74) is 0.477. The summed E-state index contributed by atoms with van der Waals surface area (Å²) in [4.78, 5) is 12.0. The molecule has 0 bridgehead atoms. The Balaban J connectivity index is 1.98. The number of hydrogen-bond acceptors (Lipinski definition) is 3. The molecule has 0 aliphatic carbocycles. The number of nitrogens with one attached hydrogen (secondary N) is 1. The molecule has 1 saturated heterocycles. The van der Waals surface area contributed by atoms with Crippen LogP contribution in [0.1, 0.15) is 16.8 Å². The van der Waals surface area contributed by atoms with Gasteiger partial charge in [-0.25, -0.2) is 12.7 Å². The van der Waals surface area contributed by atoms with Crippen LogP contribution in [-0.4, -0.2) is 44.0 Å². The molecule has 1 aromatic carbocycles. The fraction of sp³-hybridized carbons (Fsp3) is 0.417. The van der Waals surface area contributed by atoms with E-state index in [0.717, 1.165) is 0 Å². The molecule has 1 fully saturated rings. The van der Waals surface area contributed by atoms with Crippen molar-refractivity contribution in [3.05, 3.63) is 34.9 Å². The van der Waals surface area contributed by atoms with Crippen LogP contribution in [0.3, 0.4) is 0 Å². The van der Waals surface area contributed by atoms with Crippen molar-refractivity contribution in [1.82, 2.24) is 9.62 Å². The van der Waals surface area contributed by atoms with E-state index in [1.807, 2.05) is 0 Å². The van der Waals surface area contributed by atoms with Crippen LogP contribution in [-0.2, 0) is 10.0 Å². The fourth-order valence-electron chi connectivity index (χ4n) is 2.05. The number of carbonyl (C=O) groups is 1. The summed E-state index contributed by atoms with van der Waals surface area (Å²) in [5.74, 6) is -0.233. The van der Waals surface area contributed by atoms with Gasteiger partial charge in [-0.3, -0.25) is 4.79 Å². The topological polar surface area (TPSA) is 66.5 Å². The standard InChI is InChI=1S/C12H15ClN2O3S/c1-19(17,18)15-6-5-11(8-15)14-12(16)9-3-2-4-10(13)7-9/h2-4,7,11H,5-6,8H2,1H3,(H,14,16). The third-order valence-corrected chi connectivity index (χ3v) is 4.55. The number of hydrogen-bond donors (Lipinski definition) is 1. The third-order valence-electron chi connectivity index (χ3n) is 3.04. The second kappa shape index (κ2) is 5.48. The van der Waals surface area contributed by atoms with Crippen LogP contribution in [0.15, 0.2) is 24.3 Å². The average molecular weight is 303 g/mol. The largest absolute Gasteiger partial charge is 0.348 e. The molecule has 2 rings (SSSR count). The minimum Gasteiger partial charge on any atom is -0.348 e. The van der Waals surface area contributed by atoms with Crippen molar-refractivity contribution >= 4 is 27.5 Å². The molecule has 1 N–H and O–H groups in total. The number of nitrogens with zero attached hydrogens (tertiary/aromatic N) is 1. The van der Waals surface area contributed by atoms with E-state index in [9.17, 15) is 13.2 Å². The molecule has 1 amide bonds. The Morgan fingerprint density at radius 3 is 2.79 bits per heavy atom. The van der Waals surface area contributed by atoms with Crippen molar-refractivity contribution < 1.29 is 13.2 Å². The summed E-state index contributed by atoms with van der Waals surface area (Å²) in [7, 11) is -3.18. The van der Waals surface area contributed by atoms with E-state index in [4.69, 9.17) is 11.6 Å². The number of halogens is 1. The molecular weight excluding hydrogens is 288 g/mol. The van der Waals surface area contributed by atoms with Gasteiger partial charge in [0.1, 0.15) is 0 Å². The van der Waals surface area contributed by atoms with Gasteiger partial charge in [-0.05, 0) is 24.6 Å². The molecule has 7 heteroatoms. The monoisotopic (exact) mass is 302 g/mol. The molecule has 1 aliphatic heterocycles. The lowest BCUT2D eigenvalue weighted by atomic mass is 10.2. The molecule has 1 unspecified atom stereocenters. The summed E-state index contributed by atoms with van der Waals surface area (Å²) in [5, 5.41) is 3.32. The lowest BCUT2D eigenvalue weighted by molar-refractivity contribution is 0.0939. The summed E-state index contributed by atoms with van der Waals surface area (Å²) in [6, 6.07) is 6.50. The first-order valence-electron chi connectivity index (χ1n) is 5.88. The van der Waals surface area contributed by atoms with Crippen LogP contribution in [0.4, 0.5) is 0 Å². The number of carbonyl (C=O) groups excluding carboxylic acids is 1. The second-order valence-corrected chi connectivity index (χ2v) is 7.01. The van der Waals surface area contributed by atoms with Gasteiger partial charge in [0.05, 0.1) is 6.26 Å². The van der Waals surface area contributed by atoms with Crippen molar-refractivity contribution in [3.8, 4) is 0 Å². The lowest BCUT2D eigenvalue weighted by Gasteiger charge is -2.14. The van der Waals surface area contributed by atoms with E-state index in [-0.39, 0.29) is 11.9 Å². The molecule has 0 spiro atoms. The predicted molar refractivity (Wildman–Crippen MR) is 73.7 cm³/mol. The van der Waals surface area contributed by atoms with Crippen LogP contribution in [0.5, 0.6) is 0 Å². The zero-order valence-corrected chi connectivity index (χ0v) is 12.0. The van der Waals surface area contributed by atoms with E-state index in [1.54, 1.807) is 24.3 Å². The van der Waals surface area contributed by atoms with Crippen LogP contribution >= 0.6 is 11.6 Å². The van der Waals surface area contributed by atoms with Crippen LogP contribution in [0, 0.1) is 0 Å². The van der Waals surface area contributed by atoms with Crippen LogP contribution in [0.25, 0.3) is 0 Å². The van der Waals surface area contributed by atoms with Crippen molar-refractivity contribution in [1.29, 1.82) is 0 Å². The zero-order chi connectivity index (χ0) is 14.0. The SMILES string of the molecule is CS(=O)(=O)N1CCC(NC(=O)c2cccc(Cl)c2)C1.